The number of nitrogens with zero attached hydrogens (tertiary/aromatic N) is 1. The second kappa shape index (κ2) is 11.6. The molecule has 1 heterocycles. The number of carbonyl (C=O) groups is 2. The van der Waals surface area contributed by atoms with Gasteiger partial charge in [0, 0.05) is 36.2 Å². The largest absolute Gasteiger partial charge is 0.352 e. The topological polar surface area (TPSA) is 49.4 Å². The van der Waals surface area contributed by atoms with Crippen LogP contribution in [0.25, 0.3) is 0 Å². The van der Waals surface area contributed by atoms with E-state index < -0.39 is 0 Å². The van der Waals surface area contributed by atoms with Crippen molar-refractivity contribution in [2.45, 2.75) is 56.9 Å². The minimum Gasteiger partial charge on any atom is -0.352 e. The first kappa shape index (κ1) is 24.3. The van der Waals surface area contributed by atoms with Gasteiger partial charge in [-0.3, -0.25) is 9.59 Å². The van der Waals surface area contributed by atoms with Crippen molar-refractivity contribution < 1.29 is 9.59 Å². The summed E-state index contributed by atoms with van der Waals surface area (Å²) in [6, 6.07) is 28.5. The molecule has 2 atom stereocenters. The summed E-state index contributed by atoms with van der Waals surface area (Å²) in [5.74, 6) is 0.907. The van der Waals surface area contributed by atoms with Crippen LogP contribution < -0.4 is 5.32 Å². The molecule has 0 spiro atoms. The van der Waals surface area contributed by atoms with Gasteiger partial charge < -0.3 is 10.2 Å². The SMILES string of the molecule is O=C(NCCC(c1ccccc1)c1ccccc1)c1ccc(C(=O)N2CCC[C@@H]3CCCC[C@@H]32)cc1. The molecule has 3 aromatic rings. The van der Waals surface area contributed by atoms with Gasteiger partial charge in [0.05, 0.1) is 0 Å². The van der Waals surface area contributed by atoms with Gasteiger partial charge in [0.1, 0.15) is 0 Å². The van der Waals surface area contributed by atoms with Crippen molar-refractivity contribution in [1.29, 1.82) is 0 Å². The van der Waals surface area contributed by atoms with Crippen molar-refractivity contribution in [3.8, 4) is 0 Å². The quantitative estimate of drug-likeness (QED) is 0.423. The lowest BCUT2D eigenvalue weighted by Crippen LogP contribution is -2.49. The molecular formula is C32H36N2O2. The number of benzene rings is 3. The standard InChI is InChI=1S/C32H36N2O2/c35-31(33-22-21-29(24-10-3-1-4-11-24)25-12-5-2-6-13-25)27-17-19-28(20-18-27)32(36)34-23-9-15-26-14-7-8-16-30(26)34/h1-6,10-13,17-20,26,29-30H,7-9,14-16,21-23H2,(H,33,35)/t26-,30-/m0/s1. The van der Waals surface area contributed by atoms with Crippen LogP contribution >= 0.6 is 0 Å². The summed E-state index contributed by atoms with van der Waals surface area (Å²) in [7, 11) is 0. The zero-order valence-corrected chi connectivity index (χ0v) is 20.9. The third-order valence-corrected chi connectivity index (χ3v) is 8.02. The number of hydrogen-bond acceptors (Lipinski definition) is 2. The molecule has 1 aliphatic heterocycles. The maximum Gasteiger partial charge on any atom is 0.254 e. The lowest BCUT2D eigenvalue weighted by molar-refractivity contribution is 0.0390. The number of amides is 2. The van der Waals surface area contributed by atoms with Gasteiger partial charge in [0.2, 0.25) is 0 Å². The Morgan fingerprint density at radius 1 is 0.750 bits per heavy atom. The molecule has 2 fully saturated rings. The monoisotopic (exact) mass is 480 g/mol. The smallest absolute Gasteiger partial charge is 0.254 e. The molecule has 4 heteroatoms. The first-order chi connectivity index (χ1) is 17.7. The van der Waals surface area contributed by atoms with Crippen molar-refractivity contribution in [1.82, 2.24) is 10.2 Å². The fraction of sp³-hybridized carbons (Fsp3) is 0.375. The average molecular weight is 481 g/mol. The van der Waals surface area contributed by atoms with Crippen LogP contribution in [0, 0.1) is 5.92 Å². The van der Waals surface area contributed by atoms with Crippen LogP contribution in [0.3, 0.4) is 0 Å². The minimum atomic E-state index is -0.0980. The summed E-state index contributed by atoms with van der Waals surface area (Å²) in [5, 5.41) is 3.08. The molecule has 186 valence electrons. The number of carbonyl (C=O) groups excluding carboxylic acids is 2. The third kappa shape index (κ3) is 5.53. The van der Waals surface area contributed by atoms with E-state index in [9.17, 15) is 9.59 Å². The highest BCUT2D eigenvalue weighted by Crippen LogP contribution is 2.36. The van der Waals surface area contributed by atoms with Crippen LogP contribution in [0.15, 0.2) is 84.9 Å². The molecule has 2 amide bonds. The molecule has 36 heavy (non-hydrogen) atoms. The summed E-state index contributed by atoms with van der Waals surface area (Å²) < 4.78 is 0. The molecule has 0 unspecified atom stereocenters. The lowest BCUT2D eigenvalue weighted by atomic mass is 9.78. The normalized spacial score (nSPS) is 19.5. The Labute approximate surface area is 214 Å². The molecule has 4 nitrogen and oxygen atoms in total. The Morgan fingerprint density at radius 2 is 1.33 bits per heavy atom. The molecule has 0 radical (unpaired) electrons. The molecule has 2 aliphatic rings. The predicted molar refractivity (Wildman–Crippen MR) is 144 cm³/mol. The molecule has 1 saturated heterocycles. The Kier molecular flexibility index (Phi) is 7.80. The van der Waals surface area contributed by atoms with Crippen molar-refractivity contribution in [3.63, 3.8) is 0 Å². The number of piperidine rings is 1. The van der Waals surface area contributed by atoms with E-state index in [0.29, 0.717) is 29.6 Å². The van der Waals surface area contributed by atoms with E-state index in [0.717, 1.165) is 25.8 Å². The number of fused-ring (bicyclic) bond motifs is 1. The molecule has 0 bridgehead atoms. The summed E-state index contributed by atoms with van der Waals surface area (Å²) in [4.78, 5) is 28.2. The van der Waals surface area contributed by atoms with E-state index in [1.807, 2.05) is 24.3 Å². The molecular weight excluding hydrogens is 444 g/mol. The lowest BCUT2D eigenvalue weighted by Gasteiger charge is -2.44. The van der Waals surface area contributed by atoms with Gasteiger partial charge >= 0.3 is 0 Å². The van der Waals surface area contributed by atoms with E-state index in [1.165, 1.54) is 36.8 Å². The van der Waals surface area contributed by atoms with Crippen LogP contribution in [0.4, 0.5) is 0 Å². The van der Waals surface area contributed by atoms with Crippen molar-refractivity contribution >= 4 is 11.8 Å². The van der Waals surface area contributed by atoms with E-state index in [2.05, 4.69) is 58.7 Å². The van der Waals surface area contributed by atoms with Crippen molar-refractivity contribution in [3.05, 3.63) is 107 Å². The van der Waals surface area contributed by atoms with Crippen LogP contribution in [-0.4, -0.2) is 35.8 Å². The zero-order chi connectivity index (χ0) is 24.7. The van der Waals surface area contributed by atoms with Crippen LogP contribution in [0.1, 0.15) is 82.7 Å². The fourth-order valence-electron chi connectivity index (χ4n) is 6.14. The Balaban J connectivity index is 1.19. The number of likely N-dealkylation sites (tertiary alicyclic amines) is 1. The Bertz CT molecular complexity index is 1100. The van der Waals surface area contributed by atoms with Crippen LogP contribution in [-0.2, 0) is 0 Å². The molecule has 0 aromatic heterocycles. The summed E-state index contributed by atoms with van der Waals surface area (Å²) in [5.41, 5.74) is 3.78. The first-order valence-electron chi connectivity index (χ1n) is 13.5. The Hall–Kier alpha value is -3.40. The van der Waals surface area contributed by atoms with Gasteiger partial charge in [-0.25, -0.2) is 0 Å². The maximum atomic E-state index is 13.3. The molecule has 1 N–H and O–H groups in total. The number of nitrogens with one attached hydrogen (secondary N) is 1. The highest BCUT2D eigenvalue weighted by Gasteiger charge is 2.35. The van der Waals surface area contributed by atoms with E-state index >= 15 is 0 Å². The molecule has 5 rings (SSSR count). The highest BCUT2D eigenvalue weighted by molar-refractivity contribution is 5.98. The summed E-state index contributed by atoms with van der Waals surface area (Å²) in [6.45, 7) is 1.43. The van der Waals surface area contributed by atoms with Crippen molar-refractivity contribution in [2.75, 3.05) is 13.1 Å². The summed E-state index contributed by atoms with van der Waals surface area (Å²) in [6.07, 6.45) is 8.06. The van der Waals surface area contributed by atoms with Crippen LogP contribution in [0.2, 0.25) is 0 Å². The second-order valence-corrected chi connectivity index (χ2v) is 10.2. The van der Waals surface area contributed by atoms with Gasteiger partial charge in [-0.05, 0) is 73.4 Å². The molecule has 1 saturated carbocycles. The maximum absolute atomic E-state index is 13.3. The van der Waals surface area contributed by atoms with E-state index in [-0.39, 0.29) is 17.7 Å². The van der Waals surface area contributed by atoms with Gasteiger partial charge in [-0.2, -0.15) is 0 Å². The van der Waals surface area contributed by atoms with Gasteiger partial charge in [0.25, 0.3) is 11.8 Å². The summed E-state index contributed by atoms with van der Waals surface area (Å²) >= 11 is 0. The van der Waals surface area contributed by atoms with Crippen molar-refractivity contribution in [2.24, 2.45) is 5.92 Å². The third-order valence-electron chi connectivity index (χ3n) is 8.02. The molecule has 1 aliphatic carbocycles. The number of rotatable bonds is 7. The first-order valence-corrected chi connectivity index (χ1v) is 13.5. The fourth-order valence-corrected chi connectivity index (χ4v) is 6.14. The molecule has 3 aromatic carbocycles. The number of hydrogen-bond donors (Lipinski definition) is 1. The predicted octanol–water partition coefficient (Wildman–Crippen LogP) is 6.43. The second-order valence-electron chi connectivity index (χ2n) is 10.2. The minimum absolute atomic E-state index is 0.0980. The van der Waals surface area contributed by atoms with Gasteiger partial charge in [-0.1, -0.05) is 73.5 Å². The van der Waals surface area contributed by atoms with Gasteiger partial charge in [-0.15, -0.1) is 0 Å². The van der Waals surface area contributed by atoms with Gasteiger partial charge in [0.15, 0.2) is 0 Å². The Morgan fingerprint density at radius 3 is 2.00 bits per heavy atom. The highest BCUT2D eigenvalue weighted by atomic mass is 16.2. The average Bonchev–Trinajstić information content (AvgIpc) is 2.95. The van der Waals surface area contributed by atoms with E-state index in [4.69, 9.17) is 0 Å². The zero-order valence-electron chi connectivity index (χ0n) is 20.9. The van der Waals surface area contributed by atoms with E-state index in [1.54, 1.807) is 12.1 Å². The van der Waals surface area contributed by atoms with Crippen LogP contribution in [0.5, 0.6) is 0 Å².